The zero-order chi connectivity index (χ0) is 15.5. The molecule has 2 aromatic rings. The summed E-state index contributed by atoms with van der Waals surface area (Å²) in [4.78, 5) is 14.1. The zero-order valence-electron chi connectivity index (χ0n) is 11.6. The molecule has 1 aliphatic heterocycles. The number of hydrogen-bond acceptors (Lipinski definition) is 2. The van der Waals surface area contributed by atoms with E-state index >= 15 is 0 Å². The van der Waals surface area contributed by atoms with Crippen LogP contribution in [0.15, 0.2) is 48.5 Å². The average molecular weight is 320 g/mol. The number of benzene rings is 2. The maximum atomic E-state index is 13.2. The van der Waals surface area contributed by atoms with E-state index in [2.05, 4.69) is 5.32 Å². The molecule has 3 rings (SSSR count). The summed E-state index contributed by atoms with van der Waals surface area (Å²) in [6.45, 7) is 0.611. The molecule has 1 aliphatic rings. The van der Waals surface area contributed by atoms with Gasteiger partial charge >= 0.3 is 6.03 Å². The Labute approximate surface area is 131 Å². The van der Waals surface area contributed by atoms with Crippen molar-refractivity contribution in [3.63, 3.8) is 0 Å². The minimum atomic E-state index is -0.979. The van der Waals surface area contributed by atoms with Crippen molar-refractivity contribution in [3.05, 3.63) is 65.7 Å². The molecule has 0 aliphatic carbocycles. The first-order valence-electron chi connectivity index (χ1n) is 6.84. The van der Waals surface area contributed by atoms with Gasteiger partial charge in [0.1, 0.15) is 5.37 Å². The lowest BCUT2D eigenvalue weighted by Crippen LogP contribution is -2.34. The predicted molar refractivity (Wildman–Crippen MR) is 83.7 cm³/mol. The van der Waals surface area contributed by atoms with Gasteiger partial charge in [0.15, 0.2) is 11.6 Å². The van der Waals surface area contributed by atoms with Crippen LogP contribution in [0.4, 0.5) is 19.3 Å². The fourth-order valence-electron chi connectivity index (χ4n) is 2.34. The van der Waals surface area contributed by atoms with Crippen LogP contribution in [-0.4, -0.2) is 23.2 Å². The summed E-state index contributed by atoms with van der Waals surface area (Å²) in [7, 11) is 0. The molecule has 1 heterocycles. The highest BCUT2D eigenvalue weighted by Gasteiger charge is 2.30. The Morgan fingerprint density at radius 3 is 2.64 bits per heavy atom. The van der Waals surface area contributed by atoms with Crippen molar-refractivity contribution in [2.45, 2.75) is 5.37 Å². The molecule has 2 amide bonds. The topological polar surface area (TPSA) is 32.3 Å². The number of rotatable bonds is 2. The third-order valence-corrected chi connectivity index (χ3v) is 4.67. The number of carbonyl (C=O) groups is 1. The van der Waals surface area contributed by atoms with E-state index in [4.69, 9.17) is 0 Å². The Hall–Kier alpha value is -2.08. The molecule has 1 fully saturated rings. The van der Waals surface area contributed by atoms with Crippen molar-refractivity contribution >= 4 is 23.5 Å². The number of amides is 2. The smallest absolute Gasteiger partial charge is 0.308 e. The minimum absolute atomic E-state index is 0.0634. The maximum absolute atomic E-state index is 13.2. The van der Waals surface area contributed by atoms with Gasteiger partial charge in [-0.25, -0.2) is 13.6 Å². The first-order chi connectivity index (χ1) is 10.6. The first kappa shape index (κ1) is 14.8. The standard InChI is InChI=1S/C16H14F2N2OS/c17-13-7-6-12(10-14(13)18)19-16(21)20-8-9-22-15(20)11-4-2-1-3-5-11/h1-7,10,15H,8-9H2,(H,19,21). The lowest BCUT2D eigenvalue weighted by atomic mass is 10.2. The second-order valence-corrected chi connectivity index (χ2v) is 6.07. The van der Waals surface area contributed by atoms with E-state index in [1.54, 1.807) is 16.7 Å². The highest BCUT2D eigenvalue weighted by molar-refractivity contribution is 7.99. The highest BCUT2D eigenvalue weighted by Crippen LogP contribution is 2.37. The number of hydrogen-bond donors (Lipinski definition) is 1. The minimum Gasteiger partial charge on any atom is -0.308 e. The van der Waals surface area contributed by atoms with Crippen molar-refractivity contribution in [1.29, 1.82) is 0 Å². The van der Waals surface area contributed by atoms with Crippen molar-refractivity contribution in [2.24, 2.45) is 0 Å². The Morgan fingerprint density at radius 1 is 1.14 bits per heavy atom. The van der Waals surface area contributed by atoms with Crippen LogP contribution in [0.25, 0.3) is 0 Å². The summed E-state index contributed by atoms with van der Waals surface area (Å²) in [6, 6.07) is 12.7. The normalized spacial score (nSPS) is 17.5. The summed E-state index contributed by atoms with van der Waals surface area (Å²) >= 11 is 1.68. The van der Waals surface area contributed by atoms with Crippen LogP contribution < -0.4 is 5.32 Å². The van der Waals surface area contributed by atoms with E-state index in [9.17, 15) is 13.6 Å². The molecule has 1 N–H and O–H groups in total. The number of urea groups is 1. The Morgan fingerprint density at radius 2 is 1.91 bits per heavy atom. The SMILES string of the molecule is O=C(Nc1ccc(F)c(F)c1)N1CCSC1c1ccccc1. The first-order valence-corrected chi connectivity index (χ1v) is 7.89. The molecule has 0 saturated carbocycles. The zero-order valence-corrected chi connectivity index (χ0v) is 12.4. The van der Waals surface area contributed by atoms with E-state index in [1.807, 2.05) is 30.3 Å². The molecule has 22 heavy (non-hydrogen) atoms. The highest BCUT2D eigenvalue weighted by atomic mass is 32.2. The van der Waals surface area contributed by atoms with Gasteiger partial charge in [-0.3, -0.25) is 0 Å². The van der Waals surface area contributed by atoms with E-state index in [1.165, 1.54) is 6.07 Å². The molecule has 1 unspecified atom stereocenters. The van der Waals surface area contributed by atoms with Crippen LogP contribution in [0.1, 0.15) is 10.9 Å². The van der Waals surface area contributed by atoms with Gasteiger partial charge in [0.2, 0.25) is 0 Å². The van der Waals surface area contributed by atoms with Crippen LogP contribution in [-0.2, 0) is 0 Å². The summed E-state index contributed by atoms with van der Waals surface area (Å²) in [6.07, 6.45) is 0. The van der Waals surface area contributed by atoms with Crippen LogP contribution in [0.2, 0.25) is 0 Å². The van der Waals surface area contributed by atoms with Crippen molar-refractivity contribution in [2.75, 3.05) is 17.6 Å². The largest absolute Gasteiger partial charge is 0.323 e. The summed E-state index contributed by atoms with van der Waals surface area (Å²) in [5.41, 5.74) is 1.29. The van der Waals surface area contributed by atoms with Gasteiger partial charge in [-0.15, -0.1) is 11.8 Å². The third kappa shape index (κ3) is 3.06. The predicted octanol–water partition coefficient (Wildman–Crippen LogP) is 4.24. The van der Waals surface area contributed by atoms with Crippen molar-refractivity contribution in [1.82, 2.24) is 4.90 Å². The molecule has 114 valence electrons. The number of halogens is 2. The Balaban J connectivity index is 1.75. The van der Waals surface area contributed by atoms with Gasteiger partial charge in [0, 0.05) is 24.1 Å². The van der Waals surface area contributed by atoms with Crippen LogP contribution in [0.5, 0.6) is 0 Å². The second kappa shape index (κ2) is 6.36. The quantitative estimate of drug-likeness (QED) is 0.897. The molecule has 6 heteroatoms. The summed E-state index contributed by atoms with van der Waals surface area (Å²) in [5, 5.41) is 2.56. The van der Waals surface area contributed by atoms with Gasteiger partial charge in [-0.05, 0) is 17.7 Å². The Bertz CT molecular complexity index is 681. The fraction of sp³-hybridized carbons (Fsp3) is 0.188. The van der Waals surface area contributed by atoms with E-state index in [0.717, 1.165) is 23.4 Å². The van der Waals surface area contributed by atoms with Crippen LogP contribution in [0.3, 0.4) is 0 Å². The van der Waals surface area contributed by atoms with Gasteiger partial charge in [0.05, 0.1) is 0 Å². The number of nitrogens with zero attached hydrogens (tertiary/aromatic N) is 1. The van der Waals surface area contributed by atoms with Gasteiger partial charge < -0.3 is 10.2 Å². The molecular formula is C16H14F2N2OS. The molecule has 3 nitrogen and oxygen atoms in total. The van der Waals surface area contributed by atoms with Gasteiger partial charge in [-0.1, -0.05) is 30.3 Å². The molecule has 0 aromatic heterocycles. The molecular weight excluding hydrogens is 306 g/mol. The number of thioether (sulfide) groups is 1. The van der Waals surface area contributed by atoms with Crippen LogP contribution in [0, 0.1) is 11.6 Å². The summed E-state index contributed by atoms with van der Waals surface area (Å²) < 4.78 is 26.1. The lowest BCUT2D eigenvalue weighted by Gasteiger charge is -2.24. The van der Waals surface area contributed by atoms with Gasteiger partial charge in [-0.2, -0.15) is 0 Å². The van der Waals surface area contributed by atoms with E-state index in [0.29, 0.717) is 6.54 Å². The van der Waals surface area contributed by atoms with Crippen molar-refractivity contribution in [3.8, 4) is 0 Å². The molecule has 2 aromatic carbocycles. The average Bonchev–Trinajstić information content (AvgIpc) is 3.01. The number of carbonyl (C=O) groups excluding carboxylic acids is 1. The number of nitrogens with one attached hydrogen (secondary N) is 1. The third-order valence-electron chi connectivity index (χ3n) is 3.41. The molecule has 0 bridgehead atoms. The van der Waals surface area contributed by atoms with Gasteiger partial charge in [0.25, 0.3) is 0 Å². The van der Waals surface area contributed by atoms with Crippen molar-refractivity contribution < 1.29 is 13.6 Å². The fourth-order valence-corrected chi connectivity index (χ4v) is 3.60. The van der Waals surface area contributed by atoms with E-state index < -0.39 is 11.6 Å². The molecule has 0 spiro atoms. The molecule has 1 atom stereocenters. The summed E-state index contributed by atoms with van der Waals surface area (Å²) in [5.74, 6) is -1.07. The molecule has 1 saturated heterocycles. The van der Waals surface area contributed by atoms with E-state index in [-0.39, 0.29) is 17.1 Å². The van der Waals surface area contributed by atoms with Crippen LogP contribution >= 0.6 is 11.8 Å². The number of anilines is 1. The molecule has 0 radical (unpaired) electrons. The monoisotopic (exact) mass is 320 g/mol. The maximum Gasteiger partial charge on any atom is 0.323 e. The Kier molecular flexibility index (Phi) is 4.29. The lowest BCUT2D eigenvalue weighted by molar-refractivity contribution is 0.214. The second-order valence-electron chi connectivity index (χ2n) is 4.89.